The Bertz CT molecular complexity index is 955. The van der Waals surface area contributed by atoms with E-state index in [1.54, 1.807) is 23.5 Å². The minimum Gasteiger partial charge on any atom is -0.493 e. The molecular weight excluding hydrogens is 398 g/mol. The van der Waals surface area contributed by atoms with Crippen LogP contribution in [0.15, 0.2) is 40.1 Å². The second-order valence-electron chi connectivity index (χ2n) is 7.00. The van der Waals surface area contributed by atoms with Crippen molar-refractivity contribution in [1.82, 2.24) is 9.88 Å². The van der Waals surface area contributed by atoms with Crippen molar-refractivity contribution in [1.29, 1.82) is 0 Å². The first-order valence-corrected chi connectivity index (χ1v) is 10.3. The van der Waals surface area contributed by atoms with Crippen LogP contribution in [0, 0.1) is 6.92 Å². The van der Waals surface area contributed by atoms with Crippen LogP contribution in [-0.2, 0) is 13.1 Å². The molecule has 0 spiro atoms. The van der Waals surface area contributed by atoms with Crippen LogP contribution < -0.4 is 9.47 Å². The molecule has 3 aromatic rings. The van der Waals surface area contributed by atoms with E-state index in [1.807, 2.05) is 24.4 Å². The monoisotopic (exact) mass is 420 g/mol. The zero-order valence-electron chi connectivity index (χ0n) is 16.2. The van der Waals surface area contributed by atoms with Gasteiger partial charge in [0.05, 0.1) is 17.7 Å². The highest BCUT2D eigenvalue weighted by atomic mass is 32.1. The van der Waals surface area contributed by atoms with Crippen LogP contribution in [-0.4, -0.2) is 29.6 Å². The van der Waals surface area contributed by atoms with Crippen molar-refractivity contribution < 1.29 is 22.7 Å². The first kappa shape index (κ1) is 19.8. The van der Waals surface area contributed by atoms with Gasteiger partial charge in [0.2, 0.25) is 5.89 Å². The molecule has 29 heavy (non-hydrogen) atoms. The molecule has 1 fully saturated rings. The Labute approximate surface area is 171 Å². The van der Waals surface area contributed by atoms with Crippen LogP contribution in [0.2, 0.25) is 0 Å². The zero-order chi connectivity index (χ0) is 20.4. The molecular formula is C21H22F2N2O3S. The van der Waals surface area contributed by atoms with E-state index in [0.717, 1.165) is 34.7 Å². The molecule has 1 aliphatic carbocycles. The predicted molar refractivity (Wildman–Crippen MR) is 106 cm³/mol. The minimum atomic E-state index is -2.88. The van der Waals surface area contributed by atoms with E-state index in [-0.39, 0.29) is 5.75 Å². The predicted octanol–water partition coefficient (Wildman–Crippen LogP) is 5.49. The summed E-state index contributed by atoms with van der Waals surface area (Å²) in [5, 5.41) is 2.00. The van der Waals surface area contributed by atoms with E-state index < -0.39 is 6.61 Å². The van der Waals surface area contributed by atoms with Gasteiger partial charge < -0.3 is 13.9 Å². The maximum atomic E-state index is 12.5. The third-order valence-electron chi connectivity index (χ3n) is 4.87. The molecule has 1 aromatic carbocycles. The molecule has 0 amide bonds. The third kappa shape index (κ3) is 4.76. The summed E-state index contributed by atoms with van der Waals surface area (Å²) in [6.07, 6.45) is 2.27. The second kappa shape index (κ2) is 8.51. The van der Waals surface area contributed by atoms with Crippen molar-refractivity contribution in [3.05, 3.63) is 52.7 Å². The molecule has 1 aliphatic rings. The van der Waals surface area contributed by atoms with Gasteiger partial charge in [-0.2, -0.15) is 8.78 Å². The lowest BCUT2D eigenvalue weighted by Gasteiger charge is -2.22. The van der Waals surface area contributed by atoms with Gasteiger partial charge in [-0.1, -0.05) is 12.1 Å². The number of halogens is 2. The van der Waals surface area contributed by atoms with Crippen LogP contribution >= 0.6 is 11.3 Å². The molecule has 2 heterocycles. The summed E-state index contributed by atoms with van der Waals surface area (Å²) in [4.78, 5) is 8.05. The first-order chi connectivity index (χ1) is 14.0. The standard InChI is InChI=1S/C21H22F2N2O3S/c1-13-16(24-20(27-13)19-4-3-9-29-19)12-25(15-6-7-15)11-14-5-8-17(28-21(22)23)18(10-14)26-2/h3-5,8-10,15,21H,6-7,11-12H2,1-2H3. The van der Waals surface area contributed by atoms with Crippen molar-refractivity contribution in [2.45, 2.75) is 45.5 Å². The zero-order valence-corrected chi connectivity index (χ0v) is 17.0. The lowest BCUT2D eigenvalue weighted by atomic mass is 10.1. The Morgan fingerprint density at radius 3 is 2.72 bits per heavy atom. The normalized spacial score (nSPS) is 14.0. The van der Waals surface area contributed by atoms with Crippen LogP contribution in [0.3, 0.4) is 0 Å². The Kier molecular flexibility index (Phi) is 5.82. The van der Waals surface area contributed by atoms with Gasteiger partial charge in [-0.05, 0) is 48.9 Å². The SMILES string of the molecule is COc1cc(CN(Cc2nc(-c3cccs3)oc2C)C2CC2)ccc1OC(F)F. The fourth-order valence-corrected chi connectivity index (χ4v) is 3.91. The van der Waals surface area contributed by atoms with Crippen molar-refractivity contribution in [2.24, 2.45) is 0 Å². The van der Waals surface area contributed by atoms with Crippen LogP contribution in [0.1, 0.15) is 29.9 Å². The van der Waals surface area contributed by atoms with Gasteiger partial charge in [-0.15, -0.1) is 11.3 Å². The summed E-state index contributed by atoms with van der Waals surface area (Å²) >= 11 is 1.60. The first-order valence-electron chi connectivity index (χ1n) is 9.39. The maximum absolute atomic E-state index is 12.5. The largest absolute Gasteiger partial charge is 0.493 e. The van der Waals surface area contributed by atoms with Gasteiger partial charge >= 0.3 is 6.61 Å². The third-order valence-corrected chi connectivity index (χ3v) is 5.73. The van der Waals surface area contributed by atoms with E-state index in [0.29, 0.717) is 30.8 Å². The summed E-state index contributed by atoms with van der Waals surface area (Å²) in [5.74, 6) is 1.81. The van der Waals surface area contributed by atoms with Gasteiger partial charge in [-0.25, -0.2) is 4.98 Å². The number of benzene rings is 1. The minimum absolute atomic E-state index is 0.0390. The van der Waals surface area contributed by atoms with E-state index in [4.69, 9.17) is 14.1 Å². The topological polar surface area (TPSA) is 47.7 Å². The summed E-state index contributed by atoms with van der Waals surface area (Å²) in [7, 11) is 1.45. The highest BCUT2D eigenvalue weighted by molar-refractivity contribution is 7.13. The molecule has 5 nitrogen and oxygen atoms in total. The van der Waals surface area contributed by atoms with Crippen molar-refractivity contribution >= 4 is 11.3 Å². The van der Waals surface area contributed by atoms with E-state index in [9.17, 15) is 8.78 Å². The number of aryl methyl sites for hydroxylation is 1. The lowest BCUT2D eigenvalue weighted by molar-refractivity contribution is -0.0512. The highest BCUT2D eigenvalue weighted by Gasteiger charge is 2.30. The smallest absolute Gasteiger partial charge is 0.387 e. The Morgan fingerprint density at radius 1 is 1.24 bits per heavy atom. The van der Waals surface area contributed by atoms with Gasteiger partial charge in [-0.3, -0.25) is 4.90 Å². The number of oxazole rings is 1. The Morgan fingerprint density at radius 2 is 2.07 bits per heavy atom. The number of ether oxygens (including phenoxy) is 2. The molecule has 0 unspecified atom stereocenters. The van der Waals surface area contributed by atoms with E-state index in [1.165, 1.54) is 13.2 Å². The maximum Gasteiger partial charge on any atom is 0.387 e. The average molecular weight is 420 g/mol. The molecule has 0 radical (unpaired) electrons. The van der Waals surface area contributed by atoms with Crippen LogP contribution in [0.4, 0.5) is 8.78 Å². The molecule has 0 N–H and O–H groups in total. The average Bonchev–Trinajstić information content (AvgIpc) is 3.27. The molecule has 4 rings (SSSR count). The highest BCUT2D eigenvalue weighted by Crippen LogP contribution is 2.34. The van der Waals surface area contributed by atoms with Crippen molar-refractivity contribution in [3.63, 3.8) is 0 Å². The molecule has 2 aromatic heterocycles. The molecule has 0 atom stereocenters. The number of aromatic nitrogens is 1. The Balaban J connectivity index is 1.51. The molecule has 0 aliphatic heterocycles. The van der Waals surface area contributed by atoms with E-state index >= 15 is 0 Å². The molecule has 0 saturated heterocycles. The number of alkyl halides is 2. The fourth-order valence-electron chi connectivity index (χ4n) is 3.26. The lowest BCUT2D eigenvalue weighted by Crippen LogP contribution is -2.25. The summed E-state index contributed by atoms with van der Waals surface area (Å²) in [6, 6.07) is 9.53. The molecule has 154 valence electrons. The molecule has 1 saturated carbocycles. The number of nitrogens with zero attached hydrogens (tertiary/aromatic N) is 2. The summed E-state index contributed by atoms with van der Waals surface area (Å²) in [6.45, 7) is 0.384. The Hall–Kier alpha value is -2.45. The van der Waals surface area contributed by atoms with E-state index in [2.05, 4.69) is 9.64 Å². The summed E-state index contributed by atoms with van der Waals surface area (Å²) in [5.41, 5.74) is 1.89. The van der Waals surface area contributed by atoms with Crippen LogP contribution in [0.25, 0.3) is 10.8 Å². The molecule has 0 bridgehead atoms. The van der Waals surface area contributed by atoms with Gasteiger partial charge in [0.25, 0.3) is 0 Å². The quantitative estimate of drug-likeness (QED) is 0.458. The van der Waals surface area contributed by atoms with Gasteiger partial charge in [0.15, 0.2) is 11.5 Å². The van der Waals surface area contributed by atoms with Gasteiger partial charge in [0.1, 0.15) is 5.76 Å². The second-order valence-corrected chi connectivity index (χ2v) is 7.95. The number of methoxy groups -OCH3 is 1. The number of thiophene rings is 1. The number of hydrogen-bond acceptors (Lipinski definition) is 6. The van der Waals surface area contributed by atoms with Crippen LogP contribution in [0.5, 0.6) is 11.5 Å². The number of rotatable bonds is 9. The fraction of sp³-hybridized carbons (Fsp3) is 0.381. The summed E-state index contributed by atoms with van der Waals surface area (Å²) < 4.78 is 40.7. The van der Waals surface area contributed by atoms with Gasteiger partial charge in [0, 0.05) is 19.1 Å². The van der Waals surface area contributed by atoms with Crippen molar-refractivity contribution in [3.8, 4) is 22.3 Å². The molecule has 8 heteroatoms. The van der Waals surface area contributed by atoms with Crippen molar-refractivity contribution in [2.75, 3.05) is 7.11 Å². The number of hydrogen-bond donors (Lipinski definition) is 0.